The average Bonchev–Trinajstić information content (AvgIpc) is 2.53. The van der Waals surface area contributed by atoms with Gasteiger partial charge in [-0.1, -0.05) is 12.1 Å². The third kappa shape index (κ3) is 2.54. The van der Waals surface area contributed by atoms with Gasteiger partial charge in [-0.25, -0.2) is 0 Å². The van der Waals surface area contributed by atoms with Gasteiger partial charge in [0.15, 0.2) is 5.78 Å². The third-order valence-corrected chi connectivity index (χ3v) is 4.10. The Bertz CT molecular complexity index is 733. The van der Waals surface area contributed by atoms with Crippen molar-refractivity contribution < 1.29 is 19.2 Å². The largest absolute Gasteiger partial charge is 0.497 e. The molecule has 2 N–H and O–H groups in total. The number of nitro groups is 1. The van der Waals surface area contributed by atoms with E-state index in [1.54, 1.807) is 24.3 Å². The van der Waals surface area contributed by atoms with Crippen LogP contribution < -0.4 is 10.5 Å². The van der Waals surface area contributed by atoms with Crippen molar-refractivity contribution in [2.75, 3.05) is 7.11 Å². The highest BCUT2D eigenvalue weighted by molar-refractivity contribution is 5.99. The van der Waals surface area contributed by atoms with E-state index in [-0.39, 0.29) is 17.4 Å². The summed E-state index contributed by atoms with van der Waals surface area (Å²) in [6.45, 7) is 0. The van der Waals surface area contributed by atoms with Gasteiger partial charge in [0.05, 0.1) is 17.6 Å². The number of nitrogens with two attached hydrogens (primary N) is 1. The molecule has 1 unspecified atom stereocenters. The lowest BCUT2D eigenvalue weighted by Crippen LogP contribution is -2.30. The molecule has 0 radical (unpaired) electrons. The minimum absolute atomic E-state index is 0.126. The fraction of sp³-hybridized carbons (Fsp3) is 0.312. The summed E-state index contributed by atoms with van der Waals surface area (Å²) < 4.78 is 10.5. The van der Waals surface area contributed by atoms with E-state index >= 15 is 0 Å². The van der Waals surface area contributed by atoms with Crippen LogP contribution in [0.15, 0.2) is 47.2 Å². The van der Waals surface area contributed by atoms with E-state index in [1.165, 1.54) is 7.11 Å². The lowest BCUT2D eigenvalue weighted by molar-refractivity contribution is -0.433. The normalized spacial score (nSPS) is 20.9. The van der Waals surface area contributed by atoms with Crippen LogP contribution in [0.3, 0.4) is 0 Å². The first-order chi connectivity index (χ1) is 11.0. The van der Waals surface area contributed by atoms with E-state index in [0.29, 0.717) is 41.9 Å². The molecule has 7 heteroatoms. The molecule has 0 saturated carbocycles. The number of allylic oxidation sites excluding steroid dienone is 2. The number of rotatable bonds is 3. The Morgan fingerprint density at radius 2 is 2.00 bits per heavy atom. The maximum atomic E-state index is 12.4. The number of nitrogens with zero attached hydrogens (tertiary/aromatic N) is 1. The van der Waals surface area contributed by atoms with Crippen LogP contribution in [0.1, 0.15) is 30.7 Å². The Kier molecular flexibility index (Phi) is 3.77. The van der Waals surface area contributed by atoms with Crippen molar-refractivity contribution in [2.45, 2.75) is 25.2 Å². The molecular formula is C16H16N2O5. The van der Waals surface area contributed by atoms with Crippen LogP contribution in [0.5, 0.6) is 5.75 Å². The highest BCUT2D eigenvalue weighted by Gasteiger charge is 2.44. The second-order valence-electron chi connectivity index (χ2n) is 5.43. The molecular weight excluding hydrogens is 300 g/mol. The average molecular weight is 316 g/mol. The van der Waals surface area contributed by atoms with Gasteiger partial charge in [-0.15, -0.1) is 0 Å². The molecule has 2 aliphatic rings. The summed E-state index contributed by atoms with van der Waals surface area (Å²) in [5, 5.41) is 11.5. The van der Waals surface area contributed by atoms with Gasteiger partial charge in [0.1, 0.15) is 17.4 Å². The molecule has 0 saturated heterocycles. The van der Waals surface area contributed by atoms with E-state index < -0.39 is 10.8 Å². The van der Waals surface area contributed by atoms with Gasteiger partial charge in [0.2, 0.25) is 0 Å². The van der Waals surface area contributed by atoms with Crippen LogP contribution in [-0.4, -0.2) is 17.8 Å². The number of ether oxygens (including phenoxy) is 2. The molecule has 0 bridgehead atoms. The molecule has 3 rings (SSSR count). The number of ketones is 1. The van der Waals surface area contributed by atoms with E-state index in [4.69, 9.17) is 15.2 Å². The summed E-state index contributed by atoms with van der Waals surface area (Å²) >= 11 is 0. The second kappa shape index (κ2) is 5.75. The van der Waals surface area contributed by atoms with Crippen LogP contribution in [0.25, 0.3) is 0 Å². The van der Waals surface area contributed by atoms with Crippen molar-refractivity contribution in [3.63, 3.8) is 0 Å². The Morgan fingerprint density at radius 3 is 2.61 bits per heavy atom. The fourth-order valence-corrected chi connectivity index (χ4v) is 3.04. The van der Waals surface area contributed by atoms with Crippen molar-refractivity contribution in [1.29, 1.82) is 0 Å². The first-order valence-electron chi connectivity index (χ1n) is 7.25. The van der Waals surface area contributed by atoms with Crippen LogP contribution in [0.4, 0.5) is 0 Å². The number of carbonyl (C=O) groups is 1. The molecule has 1 aromatic rings. The molecule has 0 spiro atoms. The minimum atomic E-state index is -0.813. The Hall–Kier alpha value is -2.83. The summed E-state index contributed by atoms with van der Waals surface area (Å²) in [4.78, 5) is 23.3. The second-order valence-corrected chi connectivity index (χ2v) is 5.43. The molecule has 1 heterocycles. The van der Waals surface area contributed by atoms with E-state index in [9.17, 15) is 14.9 Å². The van der Waals surface area contributed by atoms with Crippen LogP contribution in [-0.2, 0) is 9.53 Å². The highest BCUT2D eigenvalue weighted by Crippen LogP contribution is 2.43. The van der Waals surface area contributed by atoms with Crippen molar-refractivity contribution in [3.05, 3.63) is 62.9 Å². The highest BCUT2D eigenvalue weighted by atomic mass is 16.6. The molecule has 1 aromatic carbocycles. The number of benzene rings is 1. The van der Waals surface area contributed by atoms with Gasteiger partial charge in [0.25, 0.3) is 5.88 Å². The van der Waals surface area contributed by atoms with E-state index in [1.807, 2.05) is 0 Å². The summed E-state index contributed by atoms with van der Waals surface area (Å²) in [7, 11) is 1.54. The number of methoxy groups -OCH3 is 1. The molecule has 23 heavy (non-hydrogen) atoms. The fourth-order valence-electron chi connectivity index (χ4n) is 3.04. The SMILES string of the molecule is COc1ccc(C2C3=C(CCCC3=O)OC(N)=C2[N+](=O)[O-])cc1. The summed E-state index contributed by atoms with van der Waals surface area (Å²) in [5.41, 5.74) is 6.44. The first-order valence-corrected chi connectivity index (χ1v) is 7.25. The third-order valence-electron chi connectivity index (χ3n) is 4.10. The molecule has 1 atom stereocenters. The molecule has 120 valence electrons. The number of hydrogen-bond acceptors (Lipinski definition) is 6. The Labute approximate surface area is 132 Å². The van der Waals surface area contributed by atoms with Crippen LogP contribution >= 0.6 is 0 Å². The van der Waals surface area contributed by atoms with Gasteiger partial charge in [0, 0.05) is 12.8 Å². The number of Topliss-reactive ketones (excluding diaryl/α,β-unsaturated/α-hetero) is 1. The van der Waals surface area contributed by atoms with Crippen molar-refractivity contribution in [2.24, 2.45) is 5.73 Å². The topological polar surface area (TPSA) is 105 Å². The maximum absolute atomic E-state index is 12.4. The minimum Gasteiger partial charge on any atom is -0.497 e. The Balaban J connectivity index is 2.15. The van der Waals surface area contributed by atoms with E-state index in [2.05, 4.69) is 0 Å². The van der Waals surface area contributed by atoms with Gasteiger partial charge in [-0.3, -0.25) is 14.9 Å². The molecule has 7 nitrogen and oxygen atoms in total. The zero-order chi connectivity index (χ0) is 16.6. The van der Waals surface area contributed by atoms with E-state index in [0.717, 1.165) is 0 Å². The maximum Gasteiger partial charge on any atom is 0.317 e. The lowest BCUT2D eigenvalue weighted by Gasteiger charge is -2.29. The standard InChI is InChI=1S/C16H16N2O5/c1-22-10-7-5-9(6-8-10)13-14-11(19)3-2-4-12(14)23-16(17)15(13)18(20)21/h5-8,13H,2-4,17H2,1H3. The van der Waals surface area contributed by atoms with Crippen molar-refractivity contribution in [3.8, 4) is 5.75 Å². The van der Waals surface area contributed by atoms with Gasteiger partial charge in [-0.05, 0) is 24.1 Å². The smallest absolute Gasteiger partial charge is 0.317 e. The van der Waals surface area contributed by atoms with Gasteiger partial charge >= 0.3 is 5.70 Å². The molecule has 1 aliphatic carbocycles. The monoisotopic (exact) mass is 316 g/mol. The zero-order valence-corrected chi connectivity index (χ0v) is 12.6. The molecule has 1 aliphatic heterocycles. The number of carbonyl (C=O) groups excluding carboxylic acids is 1. The quantitative estimate of drug-likeness (QED) is 0.677. The summed E-state index contributed by atoms with van der Waals surface area (Å²) in [6, 6.07) is 6.81. The first kappa shape index (κ1) is 15.1. The molecule has 0 amide bonds. The van der Waals surface area contributed by atoms with Crippen molar-refractivity contribution >= 4 is 5.78 Å². The van der Waals surface area contributed by atoms with Gasteiger partial charge in [-0.2, -0.15) is 0 Å². The van der Waals surface area contributed by atoms with Crippen LogP contribution in [0, 0.1) is 10.1 Å². The summed E-state index contributed by atoms with van der Waals surface area (Å²) in [5.74, 6) is -0.106. The Morgan fingerprint density at radius 1 is 1.30 bits per heavy atom. The predicted molar refractivity (Wildman–Crippen MR) is 80.9 cm³/mol. The van der Waals surface area contributed by atoms with Crippen molar-refractivity contribution in [1.82, 2.24) is 0 Å². The molecule has 0 aromatic heterocycles. The summed E-state index contributed by atoms with van der Waals surface area (Å²) in [6.07, 6.45) is 1.58. The number of hydrogen-bond donors (Lipinski definition) is 1. The zero-order valence-electron chi connectivity index (χ0n) is 12.6. The predicted octanol–water partition coefficient (Wildman–Crippen LogP) is 2.22. The lowest BCUT2D eigenvalue weighted by atomic mass is 9.80. The molecule has 0 fully saturated rings. The van der Waals surface area contributed by atoms with Gasteiger partial charge < -0.3 is 15.2 Å². The van der Waals surface area contributed by atoms with Crippen LogP contribution in [0.2, 0.25) is 0 Å².